The Kier molecular flexibility index (Phi) is 4.97. The molecule has 2 aromatic heterocycles. The zero-order valence-electron chi connectivity index (χ0n) is 16.5. The Balaban J connectivity index is 1.55. The number of imidazole rings is 1. The SMILES string of the molecule is Fc1ccc(-c2nc(C3CCCC3)[nH]c2-c2ccnc(Nc3ccccc3)n2)cc1. The van der Waals surface area contributed by atoms with E-state index in [2.05, 4.69) is 15.3 Å². The molecule has 150 valence electrons. The van der Waals surface area contributed by atoms with Crippen molar-refractivity contribution >= 4 is 11.6 Å². The number of hydrogen-bond donors (Lipinski definition) is 2. The molecule has 2 aromatic carbocycles. The molecule has 0 unspecified atom stereocenters. The predicted octanol–water partition coefficient (Wildman–Crippen LogP) is 6.07. The van der Waals surface area contributed by atoms with Crippen molar-refractivity contribution in [3.63, 3.8) is 0 Å². The number of benzene rings is 2. The molecule has 1 saturated carbocycles. The summed E-state index contributed by atoms with van der Waals surface area (Å²) in [6.07, 6.45) is 6.47. The van der Waals surface area contributed by atoms with Crippen LogP contribution in [-0.2, 0) is 0 Å². The van der Waals surface area contributed by atoms with Gasteiger partial charge < -0.3 is 10.3 Å². The molecule has 0 aliphatic heterocycles. The molecule has 4 aromatic rings. The highest BCUT2D eigenvalue weighted by Gasteiger charge is 2.24. The Hall–Kier alpha value is -3.54. The van der Waals surface area contributed by atoms with E-state index in [1.807, 2.05) is 36.4 Å². The molecular weight excluding hydrogens is 377 g/mol. The van der Waals surface area contributed by atoms with E-state index in [-0.39, 0.29) is 5.82 Å². The lowest BCUT2D eigenvalue weighted by molar-refractivity contribution is 0.628. The molecule has 6 heteroatoms. The maximum Gasteiger partial charge on any atom is 0.227 e. The summed E-state index contributed by atoms with van der Waals surface area (Å²) in [5, 5.41) is 3.24. The zero-order valence-corrected chi connectivity index (χ0v) is 16.5. The summed E-state index contributed by atoms with van der Waals surface area (Å²) in [6, 6.07) is 18.1. The van der Waals surface area contributed by atoms with Gasteiger partial charge in [0.25, 0.3) is 0 Å². The minimum Gasteiger partial charge on any atom is -0.340 e. The van der Waals surface area contributed by atoms with Crippen molar-refractivity contribution in [3.05, 3.63) is 78.5 Å². The van der Waals surface area contributed by atoms with Crippen molar-refractivity contribution < 1.29 is 4.39 Å². The molecule has 0 radical (unpaired) electrons. The summed E-state index contributed by atoms with van der Waals surface area (Å²) in [5.74, 6) is 1.67. The smallest absolute Gasteiger partial charge is 0.227 e. The summed E-state index contributed by atoms with van der Waals surface area (Å²) in [6.45, 7) is 0. The van der Waals surface area contributed by atoms with Gasteiger partial charge in [-0.1, -0.05) is 31.0 Å². The first-order valence-corrected chi connectivity index (χ1v) is 10.3. The van der Waals surface area contributed by atoms with Gasteiger partial charge in [0.05, 0.1) is 17.1 Å². The van der Waals surface area contributed by atoms with E-state index in [9.17, 15) is 4.39 Å². The second-order valence-corrected chi connectivity index (χ2v) is 7.59. The van der Waals surface area contributed by atoms with Gasteiger partial charge in [-0.05, 0) is 55.3 Å². The van der Waals surface area contributed by atoms with E-state index in [1.54, 1.807) is 18.3 Å². The van der Waals surface area contributed by atoms with Gasteiger partial charge in [-0.2, -0.15) is 0 Å². The van der Waals surface area contributed by atoms with E-state index in [4.69, 9.17) is 9.97 Å². The third kappa shape index (κ3) is 3.81. The van der Waals surface area contributed by atoms with Gasteiger partial charge in [0, 0.05) is 23.4 Å². The quantitative estimate of drug-likeness (QED) is 0.427. The Morgan fingerprint density at radius 2 is 1.67 bits per heavy atom. The normalized spacial score (nSPS) is 14.2. The fourth-order valence-electron chi connectivity index (χ4n) is 3.99. The molecule has 0 amide bonds. The van der Waals surface area contributed by atoms with Crippen LogP contribution in [0.2, 0.25) is 0 Å². The molecule has 5 nitrogen and oxygen atoms in total. The predicted molar refractivity (Wildman–Crippen MR) is 116 cm³/mol. The minimum atomic E-state index is -0.261. The average molecular weight is 399 g/mol. The Morgan fingerprint density at radius 1 is 0.900 bits per heavy atom. The van der Waals surface area contributed by atoms with Crippen LogP contribution in [0.4, 0.5) is 16.0 Å². The highest BCUT2D eigenvalue weighted by atomic mass is 19.1. The molecule has 1 aliphatic rings. The van der Waals surface area contributed by atoms with Gasteiger partial charge in [-0.15, -0.1) is 0 Å². The number of H-pyrrole nitrogens is 1. The minimum absolute atomic E-state index is 0.261. The largest absolute Gasteiger partial charge is 0.340 e. The van der Waals surface area contributed by atoms with Crippen LogP contribution in [0.1, 0.15) is 37.4 Å². The van der Waals surface area contributed by atoms with Crippen LogP contribution >= 0.6 is 0 Å². The van der Waals surface area contributed by atoms with Crippen molar-refractivity contribution in [1.29, 1.82) is 0 Å². The topological polar surface area (TPSA) is 66.5 Å². The van der Waals surface area contributed by atoms with E-state index in [1.165, 1.54) is 25.0 Å². The lowest BCUT2D eigenvalue weighted by Crippen LogP contribution is -1.98. The Labute approximate surface area is 174 Å². The van der Waals surface area contributed by atoms with E-state index < -0.39 is 0 Å². The number of aromatic amines is 1. The van der Waals surface area contributed by atoms with Gasteiger partial charge in [0.2, 0.25) is 5.95 Å². The van der Waals surface area contributed by atoms with Crippen molar-refractivity contribution in [1.82, 2.24) is 19.9 Å². The molecule has 0 saturated heterocycles. The second-order valence-electron chi connectivity index (χ2n) is 7.59. The third-order valence-electron chi connectivity index (χ3n) is 5.52. The van der Waals surface area contributed by atoms with E-state index in [0.29, 0.717) is 11.9 Å². The molecule has 30 heavy (non-hydrogen) atoms. The van der Waals surface area contributed by atoms with Crippen LogP contribution in [0, 0.1) is 5.82 Å². The average Bonchev–Trinajstić information content (AvgIpc) is 3.45. The van der Waals surface area contributed by atoms with Crippen LogP contribution in [0.5, 0.6) is 0 Å². The molecule has 0 spiro atoms. The summed E-state index contributed by atoms with van der Waals surface area (Å²) < 4.78 is 13.5. The van der Waals surface area contributed by atoms with Crippen LogP contribution < -0.4 is 5.32 Å². The number of halogens is 1. The molecule has 2 N–H and O–H groups in total. The standard InChI is InChI=1S/C24H22FN5/c25-18-12-10-16(11-13-18)21-22(30-23(29-21)17-6-4-5-7-17)20-14-15-26-24(28-20)27-19-8-2-1-3-9-19/h1-3,8-15,17H,4-7H2,(H,29,30)(H,26,27,28). The number of nitrogens with one attached hydrogen (secondary N) is 2. The fraction of sp³-hybridized carbons (Fsp3) is 0.208. The van der Waals surface area contributed by atoms with Crippen molar-refractivity contribution in [3.8, 4) is 22.6 Å². The molecule has 1 aliphatic carbocycles. The summed E-state index contributed by atoms with van der Waals surface area (Å²) in [5.41, 5.74) is 4.16. The summed E-state index contributed by atoms with van der Waals surface area (Å²) >= 11 is 0. The van der Waals surface area contributed by atoms with Crippen molar-refractivity contribution in [2.24, 2.45) is 0 Å². The third-order valence-corrected chi connectivity index (χ3v) is 5.52. The van der Waals surface area contributed by atoms with E-state index >= 15 is 0 Å². The van der Waals surface area contributed by atoms with Crippen LogP contribution in [0.15, 0.2) is 66.9 Å². The molecule has 1 fully saturated rings. The summed E-state index contributed by atoms with van der Waals surface area (Å²) in [4.78, 5) is 17.5. The number of nitrogens with zero attached hydrogens (tertiary/aromatic N) is 3. The highest BCUT2D eigenvalue weighted by Crippen LogP contribution is 2.37. The van der Waals surface area contributed by atoms with Crippen LogP contribution in [0.25, 0.3) is 22.6 Å². The zero-order chi connectivity index (χ0) is 20.3. The Bertz CT molecular complexity index is 1130. The molecule has 5 rings (SSSR count). The number of rotatable bonds is 5. The maximum atomic E-state index is 13.5. The van der Waals surface area contributed by atoms with Gasteiger partial charge in [0.15, 0.2) is 0 Å². The van der Waals surface area contributed by atoms with Crippen molar-refractivity contribution in [2.45, 2.75) is 31.6 Å². The van der Waals surface area contributed by atoms with Gasteiger partial charge in [-0.3, -0.25) is 0 Å². The molecular formula is C24H22FN5. The lowest BCUT2D eigenvalue weighted by atomic mass is 10.1. The Morgan fingerprint density at radius 3 is 2.43 bits per heavy atom. The van der Waals surface area contributed by atoms with Crippen molar-refractivity contribution in [2.75, 3.05) is 5.32 Å². The number of aromatic nitrogens is 4. The lowest BCUT2D eigenvalue weighted by Gasteiger charge is -2.07. The molecule has 0 atom stereocenters. The van der Waals surface area contributed by atoms with Gasteiger partial charge >= 0.3 is 0 Å². The van der Waals surface area contributed by atoms with Crippen LogP contribution in [0.3, 0.4) is 0 Å². The monoisotopic (exact) mass is 399 g/mol. The van der Waals surface area contributed by atoms with E-state index in [0.717, 1.165) is 47.0 Å². The maximum absolute atomic E-state index is 13.5. The second kappa shape index (κ2) is 8.06. The first-order chi connectivity index (χ1) is 14.8. The first kappa shape index (κ1) is 18.5. The summed E-state index contributed by atoms with van der Waals surface area (Å²) in [7, 11) is 0. The van der Waals surface area contributed by atoms with Crippen LogP contribution in [-0.4, -0.2) is 19.9 Å². The molecule has 2 heterocycles. The first-order valence-electron chi connectivity index (χ1n) is 10.3. The van der Waals surface area contributed by atoms with Gasteiger partial charge in [-0.25, -0.2) is 19.3 Å². The number of anilines is 2. The highest BCUT2D eigenvalue weighted by molar-refractivity contribution is 5.77. The number of hydrogen-bond acceptors (Lipinski definition) is 4. The molecule has 0 bridgehead atoms. The number of para-hydroxylation sites is 1. The van der Waals surface area contributed by atoms with Gasteiger partial charge in [0.1, 0.15) is 11.6 Å². The fourth-order valence-corrected chi connectivity index (χ4v) is 3.99.